The minimum atomic E-state index is -0.501. The third-order valence-corrected chi connectivity index (χ3v) is 7.11. The summed E-state index contributed by atoms with van der Waals surface area (Å²) in [7, 11) is 0. The lowest BCUT2D eigenvalue weighted by Crippen LogP contribution is -2.31. The van der Waals surface area contributed by atoms with E-state index in [9.17, 15) is 14.0 Å². The number of nitrogens with one attached hydrogen (secondary N) is 2. The predicted octanol–water partition coefficient (Wildman–Crippen LogP) is 3.26. The predicted molar refractivity (Wildman–Crippen MR) is 104 cm³/mol. The van der Waals surface area contributed by atoms with Gasteiger partial charge in [-0.2, -0.15) is 0 Å². The zero-order valence-electron chi connectivity index (χ0n) is 14.7. The molecule has 0 radical (unpaired) electrons. The number of carbonyl (C=O) groups excluding carboxylic acids is 2. The van der Waals surface area contributed by atoms with Crippen molar-refractivity contribution in [2.75, 3.05) is 0 Å². The first kappa shape index (κ1) is 18.7. The van der Waals surface area contributed by atoms with Gasteiger partial charge in [0.2, 0.25) is 11.8 Å². The number of nitrogens with zero attached hydrogens (tertiary/aromatic N) is 1. The summed E-state index contributed by atoms with van der Waals surface area (Å²) in [4.78, 5) is 29.1. The van der Waals surface area contributed by atoms with Crippen molar-refractivity contribution in [3.63, 3.8) is 0 Å². The Bertz CT molecular complexity index is 783. The second-order valence-corrected chi connectivity index (χ2v) is 9.05. The van der Waals surface area contributed by atoms with E-state index in [1.54, 1.807) is 6.07 Å². The van der Waals surface area contributed by atoms with Gasteiger partial charge in [0, 0.05) is 23.6 Å². The summed E-state index contributed by atoms with van der Waals surface area (Å²) < 4.78 is 13.8. The molecule has 2 N–H and O–H groups in total. The van der Waals surface area contributed by atoms with Crippen molar-refractivity contribution in [1.82, 2.24) is 10.6 Å². The van der Waals surface area contributed by atoms with E-state index in [1.165, 1.54) is 43.2 Å². The van der Waals surface area contributed by atoms with Crippen LogP contribution in [0.2, 0.25) is 5.02 Å². The Morgan fingerprint density at radius 2 is 2.22 bits per heavy atom. The maximum atomic E-state index is 13.8. The molecule has 4 atom stereocenters. The van der Waals surface area contributed by atoms with E-state index >= 15 is 0 Å². The molecule has 4 rings (SSSR count). The fraction of sp³-hybridized carbons (Fsp3) is 0.526. The van der Waals surface area contributed by atoms with Crippen molar-refractivity contribution < 1.29 is 14.0 Å². The molecular weight excluding hydrogens is 389 g/mol. The zero-order chi connectivity index (χ0) is 19.0. The molecule has 1 saturated heterocycles. The lowest BCUT2D eigenvalue weighted by Gasteiger charge is -2.17. The molecule has 2 bridgehead atoms. The average Bonchev–Trinajstić information content (AvgIpc) is 3.31. The maximum Gasteiger partial charge on any atom is 0.240 e. The number of hydrogen-bond donors (Lipinski definition) is 2. The van der Waals surface area contributed by atoms with Crippen LogP contribution in [0, 0.1) is 17.7 Å². The van der Waals surface area contributed by atoms with Crippen LogP contribution < -0.4 is 10.6 Å². The van der Waals surface area contributed by atoms with Crippen molar-refractivity contribution in [3.8, 4) is 0 Å². The van der Waals surface area contributed by atoms with E-state index < -0.39 is 11.1 Å². The van der Waals surface area contributed by atoms with Gasteiger partial charge in [-0.15, -0.1) is 0 Å². The minimum Gasteiger partial charge on any atom is -0.352 e. The van der Waals surface area contributed by atoms with Crippen LogP contribution in [-0.4, -0.2) is 28.3 Å². The second kappa shape index (κ2) is 7.80. The Morgan fingerprint density at radius 3 is 2.93 bits per heavy atom. The number of amidine groups is 1. The quantitative estimate of drug-likeness (QED) is 0.784. The van der Waals surface area contributed by atoms with E-state index in [-0.39, 0.29) is 35.4 Å². The topological polar surface area (TPSA) is 70.6 Å². The standard InChI is InChI=1S/C19H21ClFN3O2S/c20-13-2-1-3-14(21)12(13)9-22-17(25)8-16-18(26)24-19(27-16)23-15-7-10-4-5-11(15)6-10/h1-3,10-11,15-16H,4-9H2,(H,22,25)(H,23,24,26). The Morgan fingerprint density at radius 1 is 1.37 bits per heavy atom. The molecule has 0 spiro atoms. The Balaban J connectivity index is 1.30. The molecule has 2 saturated carbocycles. The van der Waals surface area contributed by atoms with Crippen LogP contribution in [0.15, 0.2) is 23.2 Å². The van der Waals surface area contributed by atoms with Gasteiger partial charge in [0.25, 0.3) is 0 Å². The molecule has 1 heterocycles. The highest BCUT2D eigenvalue weighted by atomic mass is 35.5. The van der Waals surface area contributed by atoms with Crippen LogP contribution in [0.1, 0.15) is 37.7 Å². The molecule has 3 aliphatic rings. The molecule has 0 aromatic heterocycles. The molecule has 27 heavy (non-hydrogen) atoms. The number of rotatable bonds is 5. The van der Waals surface area contributed by atoms with Gasteiger partial charge in [-0.3, -0.25) is 14.6 Å². The molecule has 2 amide bonds. The third kappa shape index (κ3) is 4.14. The van der Waals surface area contributed by atoms with Gasteiger partial charge in [-0.05, 0) is 43.2 Å². The van der Waals surface area contributed by atoms with Crippen LogP contribution in [0.25, 0.3) is 0 Å². The number of fused-ring (bicyclic) bond motifs is 2. The van der Waals surface area contributed by atoms with Crippen molar-refractivity contribution in [1.29, 1.82) is 0 Å². The largest absolute Gasteiger partial charge is 0.352 e. The number of carbonyl (C=O) groups is 2. The molecule has 1 aromatic rings. The van der Waals surface area contributed by atoms with Crippen molar-refractivity contribution >= 4 is 40.3 Å². The molecular formula is C19H21ClFN3O2S. The summed E-state index contributed by atoms with van der Waals surface area (Å²) in [5.41, 5.74) is 0.245. The smallest absolute Gasteiger partial charge is 0.240 e. The molecule has 5 nitrogen and oxygen atoms in total. The van der Waals surface area contributed by atoms with Gasteiger partial charge >= 0.3 is 0 Å². The summed E-state index contributed by atoms with van der Waals surface area (Å²) in [5, 5.41) is 5.84. The number of hydrogen-bond acceptors (Lipinski definition) is 4. The lowest BCUT2D eigenvalue weighted by atomic mass is 9.96. The summed E-state index contributed by atoms with van der Waals surface area (Å²) in [6, 6.07) is 4.69. The monoisotopic (exact) mass is 409 g/mol. The average molecular weight is 410 g/mol. The maximum absolute atomic E-state index is 13.8. The number of aliphatic imine (C=N–C) groups is 1. The summed E-state index contributed by atoms with van der Waals surface area (Å²) in [5.74, 6) is 0.464. The Labute approximate surface area is 166 Å². The highest BCUT2D eigenvalue weighted by molar-refractivity contribution is 8.15. The molecule has 144 valence electrons. The normalized spacial score (nSPS) is 30.7. The zero-order valence-corrected chi connectivity index (χ0v) is 16.3. The molecule has 1 aromatic carbocycles. The van der Waals surface area contributed by atoms with Gasteiger partial charge in [0.1, 0.15) is 11.1 Å². The van der Waals surface area contributed by atoms with E-state index in [1.807, 2.05) is 0 Å². The fourth-order valence-corrected chi connectivity index (χ4v) is 5.51. The van der Waals surface area contributed by atoms with Crippen LogP contribution in [0.5, 0.6) is 0 Å². The second-order valence-electron chi connectivity index (χ2n) is 7.45. The fourth-order valence-electron chi connectivity index (χ4n) is 4.25. The van der Waals surface area contributed by atoms with E-state index in [0.717, 1.165) is 12.3 Å². The summed E-state index contributed by atoms with van der Waals surface area (Å²) in [6.07, 6.45) is 4.93. The first-order valence-electron chi connectivity index (χ1n) is 9.24. The van der Waals surface area contributed by atoms with E-state index in [4.69, 9.17) is 16.6 Å². The summed E-state index contributed by atoms with van der Waals surface area (Å²) >= 11 is 7.28. The van der Waals surface area contributed by atoms with Crippen LogP contribution >= 0.6 is 23.4 Å². The molecule has 3 fully saturated rings. The molecule has 4 unspecified atom stereocenters. The van der Waals surface area contributed by atoms with E-state index in [2.05, 4.69) is 10.6 Å². The van der Waals surface area contributed by atoms with Crippen molar-refractivity contribution in [2.45, 2.75) is 49.9 Å². The molecule has 2 aliphatic carbocycles. The van der Waals surface area contributed by atoms with Gasteiger partial charge in [0.15, 0.2) is 5.17 Å². The Kier molecular flexibility index (Phi) is 5.41. The van der Waals surface area contributed by atoms with Gasteiger partial charge in [-0.1, -0.05) is 35.9 Å². The first-order chi connectivity index (χ1) is 13.0. The third-order valence-electron chi connectivity index (χ3n) is 5.66. The van der Waals surface area contributed by atoms with Crippen molar-refractivity contribution in [3.05, 3.63) is 34.6 Å². The number of amides is 2. The van der Waals surface area contributed by atoms with E-state index in [0.29, 0.717) is 17.1 Å². The highest BCUT2D eigenvalue weighted by Gasteiger charge is 2.41. The Hall–Kier alpha value is -1.60. The molecule has 8 heteroatoms. The van der Waals surface area contributed by atoms with Crippen LogP contribution in [-0.2, 0) is 16.1 Å². The van der Waals surface area contributed by atoms with Gasteiger partial charge in [-0.25, -0.2) is 4.39 Å². The van der Waals surface area contributed by atoms with Crippen LogP contribution in [0.3, 0.4) is 0 Å². The SMILES string of the molecule is O=C(CC1SC(=NC2CC3CCC2C3)NC1=O)NCc1c(F)cccc1Cl. The number of benzene rings is 1. The number of halogens is 2. The minimum absolute atomic E-state index is 0.00453. The number of thioether (sulfide) groups is 1. The lowest BCUT2D eigenvalue weighted by molar-refractivity contribution is -0.125. The van der Waals surface area contributed by atoms with Crippen molar-refractivity contribution in [2.24, 2.45) is 16.8 Å². The van der Waals surface area contributed by atoms with Crippen LogP contribution in [0.4, 0.5) is 4.39 Å². The first-order valence-corrected chi connectivity index (χ1v) is 10.5. The van der Waals surface area contributed by atoms with Gasteiger partial charge in [0.05, 0.1) is 6.04 Å². The highest BCUT2D eigenvalue weighted by Crippen LogP contribution is 2.46. The van der Waals surface area contributed by atoms with Gasteiger partial charge < -0.3 is 10.6 Å². The molecule has 1 aliphatic heterocycles. The summed E-state index contributed by atoms with van der Waals surface area (Å²) in [6.45, 7) is -0.00453.